The van der Waals surface area contributed by atoms with Gasteiger partial charge in [0.2, 0.25) is 15.9 Å². The smallest absolute Gasteiger partial charge is 0.243 e. The molecule has 2 heterocycles. The molecular weight excluding hydrogens is 492 g/mol. The molecule has 1 aliphatic rings. The zero-order valence-electron chi connectivity index (χ0n) is 22.8. The van der Waals surface area contributed by atoms with Crippen LogP contribution in [0.2, 0.25) is 0 Å². The van der Waals surface area contributed by atoms with E-state index in [9.17, 15) is 13.2 Å². The Morgan fingerprint density at radius 1 is 1.08 bits per heavy atom. The van der Waals surface area contributed by atoms with Crippen molar-refractivity contribution < 1.29 is 17.9 Å². The summed E-state index contributed by atoms with van der Waals surface area (Å²) >= 11 is 0. The van der Waals surface area contributed by atoms with Gasteiger partial charge in [-0.05, 0) is 95.1 Å². The Morgan fingerprint density at radius 2 is 1.78 bits per heavy atom. The Kier molecular flexibility index (Phi) is 9.86. The van der Waals surface area contributed by atoms with Crippen molar-refractivity contribution in [1.82, 2.24) is 19.4 Å². The molecule has 2 aromatic rings. The lowest BCUT2D eigenvalue weighted by Crippen LogP contribution is -2.35. The second kappa shape index (κ2) is 12.7. The number of sulfonamides is 1. The van der Waals surface area contributed by atoms with Gasteiger partial charge in [-0.1, -0.05) is 0 Å². The number of nitrogens with one attached hydrogen (secondary N) is 1. The van der Waals surface area contributed by atoms with E-state index in [0.29, 0.717) is 17.1 Å². The first kappa shape index (κ1) is 28.8. The van der Waals surface area contributed by atoms with Crippen LogP contribution in [-0.2, 0) is 14.8 Å². The molecule has 204 valence electrons. The van der Waals surface area contributed by atoms with Gasteiger partial charge in [-0.3, -0.25) is 4.79 Å². The van der Waals surface area contributed by atoms with E-state index in [0.717, 1.165) is 49.8 Å². The van der Waals surface area contributed by atoms with Crippen molar-refractivity contribution in [2.24, 2.45) is 5.92 Å². The number of hydrogen-bond acceptors (Lipinski definition) is 8. The van der Waals surface area contributed by atoms with Crippen molar-refractivity contribution in [2.75, 3.05) is 64.6 Å². The van der Waals surface area contributed by atoms with Gasteiger partial charge in [-0.15, -0.1) is 10.2 Å². The highest BCUT2D eigenvalue weighted by Gasteiger charge is 2.24. The van der Waals surface area contributed by atoms with Crippen LogP contribution in [0.1, 0.15) is 36.8 Å². The number of amides is 1. The summed E-state index contributed by atoms with van der Waals surface area (Å²) in [5.74, 6) is 2.22. The van der Waals surface area contributed by atoms with Gasteiger partial charge in [0.05, 0.1) is 12.0 Å². The van der Waals surface area contributed by atoms with E-state index in [1.54, 1.807) is 19.1 Å². The van der Waals surface area contributed by atoms with Crippen LogP contribution in [-0.4, -0.2) is 88.2 Å². The number of aryl methyl sites for hydroxylation is 2. The molecule has 1 aliphatic heterocycles. The number of carbonyl (C=O) groups excluding carboxylic acids is 1. The van der Waals surface area contributed by atoms with Crippen LogP contribution in [0.4, 0.5) is 11.6 Å². The van der Waals surface area contributed by atoms with Crippen molar-refractivity contribution in [1.29, 1.82) is 0 Å². The minimum absolute atomic E-state index is 0.00608. The fourth-order valence-electron chi connectivity index (χ4n) is 4.52. The molecule has 10 nitrogen and oxygen atoms in total. The van der Waals surface area contributed by atoms with Crippen LogP contribution >= 0.6 is 0 Å². The molecule has 0 radical (unpaired) electrons. The molecule has 1 aromatic heterocycles. The Bertz CT molecular complexity index is 1180. The lowest BCUT2D eigenvalue weighted by atomic mass is 9.93. The predicted octanol–water partition coefficient (Wildman–Crippen LogP) is 2.92. The van der Waals surface area contributed by atoms with Gasteiger partial charge < -0.3 is 19.9 Å². The minimum atomic E-state index is -3.74. The third-order valence-electron chi connectivity index (χ3n) is 6.85. The zero-order chi connectivity index (χ0) is 27.2. The maximum absolute atomic E-state index is 13.0. The molecule has 1 N–H and O–H groups in total. The SMILES string of the molecule is COc1ccc(S(=O)(=O)N(C)CCC(=O)Nc2cc(C)c(N3CCC(CCN(C)C)CC3)nn2)c(C)c1. The third kappa shape index (κ3) is 7.62. The molecule has 11 heteroatoms. The average Bonchev–Trinajstić information content (AvgIpc) is 2.86. The van der Waals surface area contributed by atoms with E-state index >= 15 is 0 Å². The lowest BCUT2D eigenvalue weighted by Gasteiger charge is -2.33. The summed E-state index contributed by atoms with van der Waals surface area (Å²) in [6.07, 6.45) is 3.49. The number of rotatable bonds is 11. The first-order valence-corrected chi connectivity index (χ1v) is 14.1. The summed E-state index contributed by atoms with van der Waals surface area (Å²) < 4.78 is 32.3. The van der Waals surface area contributed by atoms with Gasteiger partial charge in [0.25, 0.3) is 0 Å². The second-order valence-corrected chi connectivity index (χ2v) is 12.0. The number of aromatic nitrogens is 2. The topological polar surface area (TPSA) is 108 Å². The summed E-state index contributed by atoms with van der Waals surface area (Å²) in [5.41, 5.74) is 1.53. The van der Waals surface area contributed by atoms with Crippen LogP contribution in [0.3, 0.4) is 0 Å². The highest BCUT2D eigenvalue weighted by molar-refractivity contribution is 7.89. The van der Waals surface area contributed by atoms with Crippen molar-refractivity contribution in [2.45, 2.75) is 44.4 Å². The van der Waals surface area contributed by atoms with E-state index in [-0.39, 0.29) is 23.8 Å². The monoisotopic (exact) mass is 532 g/mol. The van der Waals surface area contributed by atoms with Crippen molar-refractivity contribution in [3.63, 3.8) is 0 Å². The Balaban J connectivity index is 1.52. The highest BCUT2D eigenvalue weighted by Crippen LogP contribution is 2.27. The highest BCUT2D eigenvalue weighted by atomic mass is 32.2. The van der Waals surface area contributed by atoms with Crippen LogP contribution in [0.25, 0.3) is 0 Å². The molecule has 1 amide bonds. The summed E-state index contributed by atoms with van der Waals surface area (Å²) in [6, 6.07) is 6.62. The quantitative estimate of drug-likeness (QED) is 0.471. The molecule has 0 spiro atoms. The number of anilines is 2. The van der Waals surface area contributed by atoms with Crippen molar-refractivity contribution in [3.05, 3.63) is 35.4 Å². The number of piperidine rings is 1. The number of ether oxygens (including phenoxy) is 1. The van der Waals surface area contributed by atoms with Gasteiger partial charge in [0.1, 0.15) is 5.75 Å². The largest absolute Gasteiger partial charge is 0.497 e. The van der Waals surface area contributed by atoms with Gasteiger partial charge in [-0.2, -0.15) is 0 Å². The van der Waals surface area contributed by atoms with Gasteiger partial charge in [0, 0.05) is 33.1 Å². The van der Waals surface area contributed by atoms with Gasteiger partial charge >= 0.3 is 0 Å². The number of carbonyl (C=O) groups is 1. The zero-order valence-corrected chi connectivity index (χ0v) is 23.6. The summed E-state index contributed by atoms with van der Waals surface area (Å²) in [5, 5.41) is 11.3. The van der Waals surface area contributed by atoms with Gasteiger partial charge in [-0.25, -0.2) is 12.7 Å². The van der Waals surface area contributed by atoms with E-state index in [4.69, 9.17) is 4.74 Å². The Hall–Kier alpha value is -2.76. The normalized spacial score (nSPS) is 14.9. The molecular formula is C26H40N6O4S. The fraction of sp³-hybridized carbons (Fsp3) is 0.577. The Morgan fingerprint density at radius 3 is 2.38 bits per heavy atom. The molecule has 3 rings (SSSR count). The summed E-state index contributed by atoms with van der Waals surface area (Å²) in [7, 11) is 3.48. The molecule has 1 fully saturated rings. The average molecular weight is 533 g/mol. The number of benzene rings is 1. The number of nitrogens with zero attached hydrogens (tertiary/aromatic N) is 5. The van der Waals surface area contributed by atoms with Gasteiger partial charge in [0.15, 0.2) is 11.6 Å². The maximum atomic E-state index is 13.0. The summed E-state index contributed by atoms with van der Waals surface area (Å²) in [6.45, 7) is 6.73. The van der Waals surface area contributed by atoms with Crippen LogP contribution < -0.4 is 15.0 Å². The van der Waals surface area contributed by atoms with Crippen molar-refractivity contribution >= 4 is 27.6 Å². The van der Waals surface area contributed by atoms with E-state index in [2.05, 4.69) is 39.4 Å². The number of hydrogen-bond donors (Lipinski definition) is 1. The lowest BCUT2D eigenvalue weighted by molar-refractivity contribution is -0.116. The van der Waals surface area contributed by atoms with E-state index in [1.165, 1.54) is 30.9 Å². The first-order valence-electron chi connectivity index (χ1n) is 12.7. The molecule has 0 saturated carbocycles. The third-order valence-corrected chi connectivity index (χ3v) is 8.87. The molecule has 1 aromatic carbocycles. The second-order valence-electron chi connectivity index (χ2n) is 10.0. The molecule has 0 bridgehead atoms. The maximum Gasteiger partial charge on any atom is 0.243 e. The molecule has 1 saturated heterocycles. The van der Waals surface area contributed by atoms with Crippen LogP contribution in [0.5, 0.6) is 5.75 Å². The number of methoxy groups -OCH3 is 1. The molecule has 0 aliphatic carbocycles. The minimum Gasteiger partial charge on any atom is -0.497 e. The Labute approximate surface area is 221 Å². The fourth-order valence-corrected chi connectivity index (χ4v) is 5.89. The standard InChI is InChI=1S/C26H40N6O4S/c1-19-17-22(36-6)7-8-23(19)37(34,35)31(5)14-12-25(33)27-24-18-20(2)26(29-28-24)32-15-10-21(11-16-32)9-13-30(3)4/h7-8,17-18,21H,9-16H2,1-6H3,(H,27,28,33). The van der Waals surface area contributed by atoms with Crippen LogP contribution in [0.15, 0.2) is 29.2 Å². The summed E-state index contributed by atoms with van der Waals surface area (Å²) in [4.78, 5) is 17.2. The van der Waals surface area contributed by atoms with E-state index in [1.807, 2.05) is 13.0 Å². The molecule has 0 unspecified atom stereocenters. The molecule has 0 atom stereocenters. The van der Waals surface area contributed by atoms with Crippen LogP contribution in [0, 0.1) is 19.8 Å². The van der Waals surface area contributed by atoms with E-state index < -0.39 is 10.0 Å². The first-order chi connectivity index (χ1) is 17.5. The predicted molar refractivity (Wildman–Crippen MR) is 146 cm³/mol. The molecule has 37 heavy (non-hydrogen) atoms. The van der Waals surface area contributed by atoms with Crippen molar-refractivity contribution in [3.8, 4) is 5.75 Å².